The Morgan fingerprint density at radius 3 is 2.72 bits per heavy atom. The van der Waals surface area contributed by atoms with Crippen molar-refractivity contribution in [1.29, 1.82) is 0 Å². The summed E-state index contributed by atoms with van der Waals surface area (Å²) < 4.78 is 0. The van der Waals surface area contributed by atoms with E-state index in [2.05, 4.69) is 22.5 Å². The second-order valence-corrected chi connectivity index (χ2v) is 4.48. The lowest BCUT2D eigenvalue weighted by atomic mass is 10.1. The van der Waals surface area contributed by atoms with E-state index in [4.69, 9.17) is 10.2 Å². The van der Waals surface area contributed by atoms with Crippen molar-refractivity contribution < 1.29 is 19.8 Å². The van der Waals surface area contributed by atoms with Crippen LogP contribution in [-0.4, -0.2) is 65.9 Å². The molecule has 1 fully saturated rings. The number of urea groups is 1. The molecule has 18 heavy (non-hydrogen) atoms. The van der Waals surface area contributed by atoms with Gasteiger partial charge in [0.1, 0.15) is 0 Å². The van der Waals surface area contributed by atoms with Crippen molar-refractivity contribution in [3.8, 4) is 0 Å². The van der Waals surface area contributed by atoms with Crippen LogP contribution < -0.4 is 10.6 Å². The highest BCUT2D eigenvalue weighted by Gasteiger charge is 2.23. The summed E-state index contributed by atoms with van der Waals surface area (Å²) in [6, 6.07) is -1.80. The Kier molecular flexibility index (Phi) is 5.87. The summed E-state index contributed by atoms with van der Waals surface area (Å²) in [5, 5.41) is 22.3. The van der Waals surface area contributed by atoms with Gasteiger partial charge in [0.25, 0.3) is 0 Å². The minimum absolute atomic E-state index is 0.410. The molecule has 1 heterocycles. The molecule has 4 N–H and O–H groups in total. The van der Waals surface area contributed by atoms with Crippen molar-refractivity contribution in [2.75, 3.05) is 32.8 Å². The fourth-order valence-corrected chi connectivity index (χ4v) is 2.00. The number of nitrogens with one attached hydrogen (secondary N) is 2. The van der Waals surface area contributed by atoms with Gasteiger partial charge < -0.3 is 25.7 Å². The van der Waals surface area contributed by atoms with E-state index in [0.717, 1.165) is 26.1 Å². The van der Waals surface area contributed by atoms with Crippen LogP contribution in [0, 0.1) is 5.92 Å². The summed E-state index contributed by atoms with van der Waals surface area (Å²) in [6.45, 7) is 5.02. The third-order valence-corrected chi connectivity index (χ3v) is 3.15. The number of aliphatic hydroxyl groups is 1. The number of carbonyl (C=O) groups excluding carboxylic acids is 1. The first-order chi connectivity index (χ1) is 8.56. The molecule has 1 unspecified atom stereocenters. The van der Waals surface area contributed by atoms with Crippen molar-refractivity contribution in [2.24, 2.45) is 5.92 Å². The number of nitrogens with zero attached hydrogens (tertiary/aromatic N) is 1. The standard InChI is InChI=1S/C11H21N3O4/c1-2-14-4-3-8(6-14)5-12-11(18)13-9(7-15)10(16)17/h8-9,15H,2-7H2,1H3,(H,16,17)(H2,12,13,18)/t8?,9-/m1/s1. The predicted molar refractivity (Wildman–Crippen MR) is 65.3 cm³/mol. The monoisotopic (exact) mass is 259 g/mol. The Hall–Kier alpha value is -1.34. The fraction of sp³-hybridized carbons (Fsp3) is 0.818. The van der Waals surface area contributed by atoms with Crippen molar-refractivity contribution in [3.63, 3.8) is 0 Å². The molecule has 0 aliphatic carbocycles. The topological polar surface area (TPSA) is 102 Å². The van der Waals surface area contributed by atoms with Gasteiger partial charge in [0.2, 0.25) is 0 Å². The van der Waals surface area contributed by atoms with E-state index in [9.17, 15) is 9.59 Å². The van der Waals surface area contributed by atoms with Crippen LogP contribution >= 0.6 is 0 Å². The maximum absolute atomic E-state index is 11.4. The van der Waals surface area contributed by atoms with Crippen molar-refractivity contribution in [1.82, 2.24) is 15.5 Å². The molecule has 0 aromatic heterocycles. The van der Waals surface area contributed by atoms with Crippen molar-refractivity contribution >= 4 is 12.0 Å². The largest absolute Gasteiger partial charge is 0.480 e. The molecule has 0 spiro atoms. The highest BCUT2D eigenvalue weighted by molar-refractivity contribution is 5.82. The second-order valence-electron chi connectivity index (χ2n) is 4.48. The Morgan fingerprint density at radius 1 is 1.50 bits per heavy atom. The third kappa shape index (κ3) is 4.50. The molecule has 7 nitrogen and oxygen atoms in total. The fourth-order valence-electron chi connectivity index (χ4n) is 2.00. The van der Waals surface area contributed by atoms with E-state index in [1.165, 1.54) is 0 Å². The molecule has 1 aliphatic heterocycles. The molecule has 1 aliphatic rings. The Balaban J connectivity index is 2.23. The van der Waals surface area contributed by atoms with Crippen LogP contribution in [0.1, 0.15) is 13.3 Å². The van der Waals surface area contributed by atoms with Gasteiger partial charge >= 0.3 is 12.0 Å². The summed E-state index contributed by atoms with van der Waals surface area (Å²) in [7, 11) is 0. The average molecular weight is 259 g/mol. The Labute approximate surface area is 106 Å². The number of aliphatic carboxylic acids is 1. The van der Waals surface area contributed by atoms with Crippen LogP contribution in [0.4, 0.5) is 4.79 Å². The highest BCUT2D eigenvalue weighted by Crippen LogP contribution is 2.14. The van der Waals surface area contributed by atoms with E-state index in [-0.39, 0.29) is 0 Å². The summed E-state index contributed by atoms with van der Waals surface area (Å²) in [6.07, 6.45) is 1.04. The summed E-state index contributed by atoms with van der Waals surface area (Å²) >= 11 is 0. The van der Waals surface area contributed by atoms with E-state index in [0.29, 0.717) is 12.5 Å². The minimum Gasteiger partial charge on any atom is -0.480 e. The van der Waals surface area contributed by atoms with Gasteiger partial charge in [0.15, 0.2) is 6.04 Å². The quantitative estimate of drug-likeness (QED) is 0.494. The third-order valence-electron chi connectivity index (χ3n) is 3.15. The van der Waals surface area contributed by atoms with Gasteiger partial charge in [0.05, 0.1) is 6.61 Å². The molecule has 7 heteroatoms. The van der Waals surface area contributed by atoms with Gasteiger partial charge in [-0.05, 0) is 25.4 Å². The van der Waals surface area contributed by atoms with Crippen LogP contribution in [0.25, 0.3) is 0 Å². The first-order valence-electron chi connectivity index (χ1n) is 6.17. The van der Waals surface area contributed by atoms with Gasteiger partial charge in [-0.25, -0.2) is 9.59 Å². The number of carboxylic acid groups (broad SMARTS) is 1. The lowest BCUT2D eigenvalue weighted by Crippen LogP contribution is -2.48. The number of carboxylic acids is 1. The van der Waals surface area contributed by atoms with Crippen LogP contribution in [0.5, 0.6) is 0 Å². The first kappa shape index (κ1) is 14.7. The zero-order chi connectivity index (χ0) is 13.5. The zero-order valence-electron chi connectivity index (χ0n) is 10.6. The highest BCUT2D eigenvalue weighted by atomic mass is 16.4. The molecule has 0 bridgehead atoms. The number of aliphatic hydroxyl groups excluding tert-OH is 1. The van der Waals surface area contributed by atoms with Gasteiger partial charge in [-0.15, -0.1) is 0 Å². The van der Waals surface area contributed by atoms with Gasteiger partial charge in [-0.2, -0.15) is 0 Å². The molecular formula is C11H21N3O4. The van der Waals surface area contributed by atoms with Crippen molar-refractivity contribution in [3.05, 3.63) is 0 Å². The summed E-state index contributed by atoms with van der Waals surface area (Å²) in [5.41, 5.74) is 0. The van der Waals surface area contributed by atoms with Gasteiger partial charge in [-0.1, -0.05) is 6.92 Å². The molecule has 104 valence electrons. The SMILES string of the molecule is CCN1CCC(CNC(=O)N[C@H](CO)C(=O)O)C1. The van der Waals surface area contributed by atoms with E-state index < -0.39 is 24.6 Å². The molecule has 0 saturated carbocycles. The number of carbonyl (C=O) groups is 2. The maximum atomic E-state index is 11.4. The Bertz CT molecular complexity index is 298. The summed E-state index contributed by atoms with van der Waals surface area (Å²) in [4.78, 5) is 24.3. The Morgan fingerprint density at radius 2 is 2.22 bits per heavy atom. The first-order valence-corrected chi connectivity index (χ1v) is 6.17. The van der Waals surface area contributed by atoms with Crippen LogP contribution in [-0.2, 0) is 4.79 Å². The van der Waals surface area contributed by atoms with Crippen LogP contribution in [0.3, 0.4) is 0 Å². The van der Waals surface area contributed by atoms with Gasteiger partial charge in [0, 0.05) is 13.1 Å². The average Bonchev–Trinajstić information content (AvgIpc) is 2.81. The number of rotatable bonds is 6. The molecular weight excluding hydrogens is 238 g/mol. The predicted octanol–water partition coefficient (Wildman–Crippen LogP) is -0.927. The summed E-state index contributed by atoms with van der Waals surface area (Å²) in [5.74, 6) is -0.834. The molecule has 2 atom stereocenters. The second kappa shape index (κ2) is 7.17. The van der Waals surface area contributed by atoms with E-state index >= 15 is 0 Å². The number of likely N-dealkylation sites (tertiary alicyclic amines) is 1. The minimum atomic E-state index is -1.25. The van der Waals surface area contributed by atoms with E-state index in [1.807, 2.05) is 0 Å². The molecule has 0 radical (unpaired) electrons. The number of hydrogen-bond acceptors (Lipinski definition) is 4. The van der Waals surface area contributed by atoms with Crippen molar-refractivity contribution in [2.45, 2.75) is 19.4 Å². The number of hydrogen-bond donors (Lipinski definition) is 4. The molecule has 0 aromatic carbocycles. The molecule has 1 saturated heterocycles. The zero-order valence-corrected chi connectivity index (χ0v) is 10.6. The normalized spacial score (nSPS) is 21.6. The molecule has 1 rings (SSSR count). The van der Waals surface area contributed by atoms with Crippen LogP contribution in [0.15, 0.2) is 0 Å². The van der Waals surface area contributed by atoms with Gasteiger partial charge in [-0.3, -0.25) is 0 Å². The van der Waals surface area contributed by atoms with Crippen LogP contribution in [0.2, 0.25) is 0 Å². The van der Waals surface area contributed by atoms with E-state index in [1.54, 1.807) is 0 Å². The lowest BCUT2D eigenvalue weighted by Gasteiger charge is -2.16. The lowest BCUT2D eigenvalue weighted by molar-refractivity contribution is -0.140. The maximum Gasteiger partial charge on any atom is 0.328 e. The molecule has 2 amide bonds. The number of amides is 2. The molecule has 0 aromatic rings. The smallest absolute Gasteiger partial charge is 0.328 e.